The molecule has 0 saturated heterocycles. The van der Waals surface area contributed by atoms with E-state index >= 15 is 4.39 Å². The zero-order valence-corrected chi connectivity index (χ0v) is 21.8. The van der Waals surface area contributed by atoms with Crippen LogP contribution in [-0.4, -0.2) is 32.6 Å². The number of aromatic amines is 1. The van der Waals surface area contributed by atoms with Gasteiger partial charge in [-0.15, -0.1) is 0 Å². The quantitative estimate of drug-likeness (QED) is 0.386. The molecule has 3 heterocycles. The van der Waals surface area contributed by atoms with Gasteiger partial charge in [0.05, 0.1) is 11.3 Å². The van der Waals surface area contributed by atoms with Gasteiger partial charge in [-0.25, -0.2) is 15.1 Å². The van der Waals surface area contributed by atoms with E-state index in [4.69, 9.17) is 0 Å². The number of nitrogens with zero attached hydrogens (tertiary/aromatic N) is 3. The fraction of sp³-hybridized carbons (Fsp3) is 0.483. The number of hydrogen-bond donors (Lipinski definition) is 2. The lowest BCUT2D eigenvalue weighted by molar-refractivity contribution is -0.404. The van der Waals surface area contributed by atoms with Crippen LogP contribution < -0.4 is 15.6 Å². The van der Waals surface area contributed by atoms with Crippen LogP contribution >= 0.6 is 0 Å². The number of pyridine rings is 2. The van der Waals surface area contributed by atoms with Crippen LogP contribution in [0.25, 0.3) is 11.1 Å². The molecule has 38 heavy (non-hydrogen) atoms. The van der Waals surface area contributed by atoms with Crippen molar-refractivity contribution in [2.75, 3.05) is 5.32 Å². The number of amides is 2. The van der Waals surface area contributed by atoms with Gasteiger partial charge in [-0.3, -0.25) is 14.5 Å². The first-order valence-electron chi connectivity index (χ1n) is 13.7. The highest BCUT2D eigenvalue weighted by Gasteiger charge is 2.49. The van der Waals surface area contributed by atoms with Crippen molar-refractivity contribution in [2.45, 2.75) is 70.4 Å². The number of carbonyl (C=O) groups excluding carboxylic acids is 2. The first kappa shape index (κ1) is 24.7. The molecular weight excluding hydrogens is 483 g/mol. The standard InChI is InChI=1S/C29H33FN6O2/c1-16(2)36-22(13-15-32-36)28(37)35-26(24(17-5-6-17)18-7-8-18)29(38)34-23-12-11-21(27(30)33-23)20-4-3-14-31-25(20)19-9-10-19/h3-4,11-19,24,26H,5-10H2,1-2H3,(H,35,37)(H,33,34,38)/p+1/t26-/m0/s1. The van der Waals surface area contributed by atoms with Gasteiger partial charge in [-0.05, 0) is 88.3 Å². The van der Waals surface area contributed by atoms with E-state index in [-0.39, 0.29) is 29.6 Å². The van der Waals surface area contributed by atoms with E-state index in [9.17, 15) is 9.59 Å². The Morgan fingerprint density at radius 3 is 2.37 bits per heavy atom. The Balaban J connectivity index is 1.24. The third kappa shape index (κ3) is 5.06. The molecule has 3 aliphatic rings. The fourth-order valence-electron chi connectivity index (χ4n) is 5.63. The highest BCUT2D eigenvalue weighted by atomic mass is 19.1. The lowest BCUT2D eigenvalue weighted by Gasteiger charge is -2.25. The number of nitrogens with one attached hydrogen (secondary N) is 3. The average Bonchev–Trinajstić information content (AvgIpc) is 3.76. The summed E-state index contributed by atoms with van der Waals surface area (Å²) in [6.07, 6.45) is 9.73. The second-order valence-corrected chi connectivity index (χ2v) is 11.3. The van der Waals surface area contributed by atoms with Gasteiger partial charge < -0.3 is 5.32 Å². The van der Waals surface area contributed by atoms with Crippen molar-refractivity contribution in [3.8, 4) is 11.1 Å². The molecule has 0 aliphatic heterocycles. The summed E-state index contributed by atoms with van der Waals surface area (Å²) >= 11 is 0. The lowest BCUT2D eigenvalue weighted by Crippen LogP contribution is -2.50. The summed E-state index contributed by atoms with van der Waals surface area (Å²) in [6.45, 7) is 3.91. The first-order chi connectivity index (χ1) is 18.4. The number of H-pyrrole nitrogens is 1. The van der Waals surface area contributed by atoms with Crippen molar-refractivity contribution < 1.29 is 19.0 Å². The fourth-order valence-corrected chi connectivity index (χ4v) is 5.63. The maximum atomic E-state index is 15.3. The predicted octanol–water partition coefficient (Wildman–Crippen LogP) is 4.53. The largest absolute Gasteiger partial charge is 0.337 e. The zero-order valence-electron chi connectivity index (χ0n) is 21.8. The molecule has 6 rings (SSSR count). The highest BCUT2D eigenvalue weighted by Crippen LogP contribution is 2.51. The molecule has 9 heteroatoms. The minimum atomic E-state index is -0.714. The molecule has 8 nitrogen and oxygen atoms in total. The number of rotatable bonds is 10. The Hall–Kier alpha value is -3.62. The lowest BCUT2D eigenvalue weighted by atomic mass is 9.88. The Labute approximate surface area is 221 Å². The van der Waals surface area contributed by atoms with E-state index in [1.807, 2.05) is 26.0 Å². The first-order valence-corrected chi connectivity index (χ1v) is 13.7. The van der Waals surface area contributed by atoms with E-state index in [2.05, 4.69) is 25.7 Å². The molecule has 3 fully saturated rings. The summed E-state index contributed by atoms with van der Waals surface area (Å²) in [4.78, 5) is 34.2. The van der Waals surface area contributed by atoms with Crippen LogP contribution in [0.1, 0.15) is 80.5 Å². The number of halogens is 1. The smallest absolute Gasteiger partial charge is 0.330 e. The van der Waals surface area contributed by atoms with Gasteiger partial charge in [0.2, 0.25) is 0 Å². The van der Waals surface area contributed by atoms with E-state index in [0.29, 0.717) is 29.0 Å². The molecule has 0 unspecified atom stereocenters. The number of anilines is 1. The molecule has 3 aliphatic carbocycles. The molecule has 198 valence electrons. The molecule has 3 N–H and O–H groups in total. The Morgan fingerprint density at radius 2 is 1.74 bits per heavy atom. The van der Waals surface area contributed by atoms with Gasteiger partial charge >= 0.3 is 5.91 Å². The molecule has 0 radical (unpaired) electrons. The summed E-state index contributed by atoms with van der Waals surface area (Å²) in [5.74, 6) is 0.354. The molecule has 3 saturated carbocycles. The van der Waals surface area contributed by atoms with Crippen LogP contribution in [0.4, 0.5) is 10.2 Å². The van der Waals surface area contributed by atoms with Crippen molar-refractivity contribution in [2.24, 2.45) is 17.8 Å². The number of aromatic nitrogens is 4. The molecule has 3 aromatic rings. The summed E-state index contributed by atoms with van der Waals surface area (Å²) in [7, 11) is 0. The Bertz CT molecular complexity index is 1350. The maximum Gasteiger partial charge on any atom is 0.330 e. The van der Waals surface area contributed by atoms with Crippen LogP contribution in [-0.2, 0) is 4.79 Å². The second kappa shape index (κ2) is 9.93. The van der Waals surface area contributed by atoms with E-state index in [1.165, 1.54) is 0 Å². The number of hydrogen-bond acceptors (Lipinski definition) is 4. The summed E-state index contributed by atoms with van der Waals surface area (Å²) in [5, 5.41) is 10.2. The average molecular weight is 518 g/mol. The molecular formula is C29H34FN6O2+. The van der Waals surface area contributed by atoms with Crippen LogP contribution in [0.15, 0.2) is 42.7 Å². The molecule has 0 spiro atoms. The zero-order chi connectivity index (χ0) is 26.4. The summed E-state index contributed by atoms with van der Waals surface area (Å²) < 4.78 is 16.9. The Kier molecular flexibility index (Phi) is 6.45. The molecule has 1 atom stereocenters. The monoisotopic (exact) mass is 517 g/mol. The SMILES string of the molecule is CC(C)n1nccc1C(=O)N[C@H](C(=O)Nc1ccc(-c2cccnc2C2CC2)c(F)[nH+]1)C(C1CC1)C1CC1. The van der Waals surface area contributed by atoms with Gasteiger partial charge in [-0.2, -0.15) is 9.49 Å². The van der Waals surface area contributed by atoms with Crippen molar-refractivity contribution >= 4 is 17.6 Å². The molecule has 0 aromatic carbocycles. The predicted molar refractivity (Wildman–Crippen MR) is 140 cm³/mol. The van der Waals surface area contributed by atoms with Gasteiger partial charge in [0.1, 0.15) is 11.7 Å². The van der Waals surface area contributed by atoms with Crippen molar-refractivity contribution in [1.82, 2.24) is 20.1 Å². The van der Waals surface area contributed by atoms with Crippen LogP contribution in [0.2, 0.25) is 0 Å². The minimum Gasteiger partial charge on any atom is -0.337 e. The third-order valence-corrected chi connectivity index (χ3v) is 7.93. The minimum absolute atomic E-state index is 0.0111. The van der Waals surface area contributed by atoms with E-state index in [0.717, 1.165) is 49.8 Å². The van der Waals surface area contributed by atoms with Crippen LogP contribution in [0.3, 0.4) is 0 Å². The summed E-state index contributed by atoms with van der Waals surface area (Å²) in [5.41, 5.74) is 2.54. The van der Waals surface area contributed by atoms with E-state index in [1.54, 1.807) is 35.3 Å². The van der Waals surface area contributed by atoms with Crippen molar-refractivity contribution in [3.63, 3.8) is 0 Å². The normalized spacial score (nSPS) is 18.0. The van der Waals surface area contributed by atoms with Crippen LogP contribution in [0, 0.1) is 23.7 Å². The molecule has 2 amide bonds. The van der Waals surface area contributed by atoms with Crippen molar-refractivity contribution in [1.29, 1.82) is 0 Å². The van der Waals surface area contributed by atoms with Gasteiger partial charge in [-0.1, -0.05) is 6.07 Å². The summed E-state index contributed by atoms with van der Waals surface area (Å²) in [6, 6.07) is 8.02. The third-order valence-electron chi connectivity index (χ3n) is 7.93. The van der Waals surface area contributed by atoms with Crippen molar-refractivity contribution in [3.05, 3.63) is 60.1 Å². The topological polar surface area (TPSA) is 103 Å². The maximum absolute atomic E-state index is 15.3. The molecule has 3 aromatic heterocycles. The highest BCUT2D eigenvalue weighted by molar-refractivity contribution is 6.00. The van der Waals surface area contributed by atoms with Gasteiger partial charge in [0.25, 0.3) is 17.7 Å². The van der Waals surface area contributed by atoms with Gasteiger partial charge in [0, 0.05) is 36.0 Å². The second-order valence-electron chi connectivity index (χ2n) is 11.3. The van der Waals surface area contributed by atoms with E-state index < -0.39 is 12.0 Å². The molecule has 0 bridgehead atoms. The number of carbonyl (C=O) groups is 2. The Morgan fingerprint density at radius 1 is 1.00 bits per heavy atom. The van der Waals surface area contributed by atoms with Gasteiger partial charge in [0.15, 0.2) is 0 Å². The van der Waals surface area contributed by atoms with Crippen LogP contribution in [0.5, 0.6) is 0 Å².